The first-order valence-electron chi connectivity index (χ1n) is 9.86. The van der Waals surface area contributed by atoms with Gasteiger partial charge in [-0.1, -0.05) is 6.92 Å². The lowest BCUT2D eigenvalue weighted by atomic mass is 9.86. The Hall–Kier alpha value is -1.44. The maximum atomic E-state index is 13.0. The highest BCUT2D eigenvalue weighted by Crippen LogP contribution is 2.54. The van der Waals surface area contributed by atoms with Gasteiger partial charge in [-0.2, -0.15) is 0 Å². The summed E-state index contributed by atoms with van der Waals surface area (Å²) in [5, 5.41) is 2.14. The Balaban J connectivity index is 2.21. The van der Waals surface area contributed by atoms with Crippen LogP contribution in [0.4, 0.5) is 0 Å². The molecular formula is C20H29ClNO7P. The number of furan rings is 2. The summed E-state index contributed by atoms with van der Waals surface area (Å²) in [5.74, 6) is -0.491. The van der Waals surface area contributed by atoms with E-state index >= 15 is 0 Å². The lowest BCUT2D eigenvalue weighted by Crippen LogP contribution is -2.49. The zero-order valence-corrected chi connectivity index (χ0v) is 19.8. The molecule has 168 valence electrons. The molecule has 1 amide bonds. The van der Waals surface area contributed by atoms with Crippen LogP contribution in [0.25, 0.3) is 11.2 Å². The number of carbonyl (C=O) groups is 2. The zero-order chi connectivity index (χ0) is 22.7. The van der Waals surface area contributed by atoms with Crippen molar-refractivity contribution >= 4 is 41.7 Å². The normalized spacial score (nSPS) is 14.8. The van der Waals surface area contributed by atoms with E-state index in [9.17, 15) is 14.2 Å². The zero-order valence-electron chi connectivity index (χ0n) is 18.2. The van der Waals surface area contributed by atoms with Crippen molar-refractivity contribution in [1.82, 2.24) is 5.32 Å². The molecule has 2 aromatic heterocycles. The van der Waals surface area contributed by atoms with Gasteiger partial charge in [-0.25, -0.2) is 4.57 Å². The summed E-state index contributed by atoms with van der Waals surface area (Å²) in [7, 11) is -3.75. The minimum atomic E-state index is -3.75. The van der Waals surface area contributed by atoms with Crippen molar-refractivity contribution in [2.45, 2.75) is 65.5 Å². The lowest BCUT2D eigenvalue weighted by molar-refractivity contribution is 0.000594. The first-order chi connectivity index (χ1) is 13.9. The van der Waals surface area contributed by atoms with Crippen molar-refractivity contribution in [3.05, 3.63) is 23.3 Å². The van der Waals surface area contributed by atoms with Crippen LogP contribution in [0.2, 0.25) is 0 Å². The number of hydrogen-bond donors (Lipinski definition) is 1. The summed E-state index contributed by atoms with van der Waals surface area (Å²) in [6, 6.07) is 3.20. The predicted octanol–water partition coefficient (Wildman–Crippen LogP) is 5.51. The Labute approximate surface area is 181 Å². The standard InChI is InChI=1S/C20H29ClNO7P/c1-7-20(6,29-30(25,26-8-2)27-9-3)12-19(4,5)22-18(24)16-14-11-10-13(28-14)15(16)17(21)23/h10-11H,7-9,12H2,1-6H3,(H,22,24). The van der Waals surface area contributed by atoms with E-state index in [1.54, 1.807) is 46.8 Å². The summed E-state index contributed by atoms with van der Waals surface area (Å²) in [5.41, 5.74) is -1.00. The van der Waals surface area contributed by atoms with Gasteiger partial charge in [0.25, 0.3) is 11.1 Å². The van der Waals surface area contributed by atoms with Crippen LogP contribution >= 0.6 is 19.4 Å². The van der Waals surface area contributed by atoms with E-state index in [4.69, 9.17) is 29.6 Å². The number of amides is 1. The molecule has 0 radical (unpaired) electrons. The van der Waals surface area contributed by atoms with Crippen molar-refractivity contribution in [2.24, 2.45) is 0 Å². The van der Waals surface area contributed by atoms with Crippen molar-refractivity contribution in [2.75, 3.05) is 13.2 Å². The predicted molar refractivity (Wildman–Crippen MR) is 114 cm³/mol. The largest absolute Gasteiger partial charge is 0.475 e. The van der Waals surface area contributed by atoms with E-state index < -0.39 is 30.1 Å². The molecule has 2 rings (SSSR count). The summed E-state index contributed by atoms with van der Waals surface area (Å²) in [6.45, 7) is 11.0. The van der Waals surface area contributed by atoms with Gasteiger partial charge in [-0.05, 0) is 71.2 Å². The number of rotatable bonds is 12. The molecule has 2 aromatic rings. The summed E-state index contributed by atoms with van der Waals surface area (Å²) >= 11 is 5.65. The minimum absolute atomic E-state index is 0.0502. The number of carbonyl (C=O) groups excluding carboxylic acids is 2. The van der Waals surface area contributed by atoms with Crippen LogP contribution in [0.3, 0.4) is 0 Å². The Morgan fingerprint density at radius 1 is 1.07 bits per heavy atom. The second kappa shape index (κ2) is 9.37. The number of halogens is 1. The van der Waals surface area contributed by atoms with Gasteiger partial charge in [0.1, 0.15) is 11.2 Å². The topological polar surface area (TPSA) is 104 Å². The van der Waals surface area contributed by atoms with Gasteiger partial charge < -0.3 is 9.73 Å². The summed E-state index contributed by atoms with van der Waals surface area (Å²) < 4.78 is 34.6. The van der Waals surface area contributed by atoms with Crippen molar-refractivity contribution in [1.29, 1.82) is 0 Å². The highest BCUT2D eigenvalue weighted by molar-refractivity contribution is 7.48. The molecule has 0 spiro atoms. The van der Waals surface area contributed by atoms with E-state index in [1.165, 1.54) is 0 Å². The van der Waals surface area contributed by atoms with Gasteiger partial charge in [-0.3, -0.25) is 23.2 Å². The van der Waals surface area contributed by atoms with Crippen molar-refractivity contribution < 1.29 is 32.1 Å². The minimum Gasteiger partial charge on any atom is -0.456 e. The number of nitrogens with one attached hydrogen (secondary N) is 1. The Bertz CT molecular complexity index is 931. The van der Waals surface area contributed by atoms with Crippen LogP contribution in [0.5, 0.6) is 0 Å². The molecule has 1 atom stereocenters. The number of fused-ring (bicyclic) bond motifs is 2. The van der Waals surface area contributed by atoms with Gasteiger partial charge in [0.15, 0.2) is 0 Å². The third-order valence-corrected chi connectivity index (χ3v) is 6.70. The smallest absolute Gasteiger partial charge is 0.456 e. The highest BCUT2D eigenvalue weighted by atomic mass is 35.5. The van der Waals surface area contributed by atoms with Gasteiger partial charge in [0, 0.05) is 5.54 Å². The number of phosphoric acid groups is 1. The van der Waals surface area contributed by atoms with Crippen LogP contribution in [-0.2, 0) is 18.1 Å². The second-order valence-corrected chi connectivity index (χ2v) is 9.82. The monoisotopic (exact) mass is 461 g/mol. The van der Waals surface area contributed by atoms with Crippen LogP contribution < -0.4 is 5.32 Å². The Morgan fingerprint density at radius 2 is 1.60 bits per heavy atom. The molecule has 2 heterocycles. The third-order valence-electron chi connectivity index (χ3n) is 4.69. The number of hydrogen-bond acceptors (Lipinski definition) is 7. The molecule has 10 heteroatoms. The molecule has 0 saturated carbocycles. The maximum Gasteiger partial charge on any atom is 0.475 e. The van der Waals surface area contributed by atoms with Crippen LogP contribution in [0.1, 0.15) is 75.1 Å². The van der Waals surface area contributed by atoms with E-state index in [-0.39, 0.29) is 35.5 Å². The molecule has 0 saturated heterocycles. The molecule has 8 nitrogen and oxygen atoms in total. The lowest BCUT2D eigenvalue weighted by Gasteiger charge is -2.38. The average Bonchev–Trinajstić information content (AvgIpc) is 3.21. The number of phosphoric ester groups is 1. The molecule has 2 bridgehead atoms. The summed E-state index contributed by atoms with van der Waals surface area (Å²) in [4.78, 5) is 24.7. The first kappa shape index (κ1) is 24.8. The van der Waals surface area contributed by atoms with Gasteiger partial charge >= 0.3 is 7.82 Å². The second-order valence-electron chi connectivity index (χ2n) is 7.88. The van der Waals surface area contributed by atoms with E-state index in [0.717, 1.165) is 0 Å². The highest BCUT2D eigenvalue weighted by Gasteiger charge is 2.41. The molecule has 0 aromatic carbocycles. The third kappa shape index (κ3) is 5.62. The maximum absolute atomic E-state index is 13.0. The van der Waals surface area contributed by atoms with E-state index in [2.05, 4.69) is 5.32 Å². The number of benzene rings is 1. The van der Waals surface area contributed by atoms with Crippen molar-refractivity contribution in [3.8, 4) is 0 Å². The molecule has 0 aliphatic carbocycles. The molecular weight excluding hydrogens is 433 g/mol. The quantitative estimate of drug-likeness (QED) is 0.328. The summed E-state index contributed by atoms with van der Waals surface area (Å²) in [6.07, 6.45) is 0.790. The fourth-order valence-electron chi connectivity index (χ4n) is 3.52. The molecule has 30 heavy (non-hydrogen) atoms. The molecule has 0 aliphatic heterocycles. The average molecular weight is 462 g/mol. The molecule has 1 unspecified atom stereocenters. The molecule has 0 aliphatic rings. The van der Waals surface area contributed by atoms with Crippen LogP contribution in [0, 0.1) is 0 Å². The Morgan fingerprint density at radius 3 is 2.07 bits per heavy atom. The van der Waals surface area contributed by atoms with Gasteiger partial charge in [0.05, 0.1) is 29.9 Å². The Kier molecular flexibility index (Phi) is 7.75. The fraction of sp³-hybridized carbons (Fsp3) is 0.600. The van der Waals surface area contributed by atoms with Gasteiger partial charge in [0.2, 0.25) is 0 Å². The van der Waals surface area contributed by atoms with Crippen LogP contribution in [-0.4, -0.2) is 35.5 Å². The van der Waals surface area contributed by atoms with E-state index in [1.807, 2.05) is 6.92 Å². The van der Waals surface area contributed by atoms with Crippen LogP contribution in [0.15, 0.2) is 16.5 Å². The van der Waals surface area contributed by atoms with E-state index in [0.29, 0.717) is 12.8 Å². The van der Waals surface area contributed by atoms with Crippen molar-refractivity contribution in [3.63, 3.8) is 0 Å². The fourth-order valence-corrected chi connectivity index (χ4v) is 5.25. The first-order valence-corrected chi connectivity index (χ1v) is 11.7. The SMILES string of the molecule is CCOP(=O)(OCC)OC(C)(CC)CC(C)(C)NC(=O)c1c(C(=O)Cl)c2ccc1o2. The van der Waals surface area contributed by atoms with Gasteiger partial charge in [-0.15, -0.1) is 0 Å². The molecule has 1 N–H and O–H groups in total. The molecule has 0 fully saturated rings.